The Labute approximate surface area is 102 Å². The van der Waals surface area contributed by atoms with Crippen molar-refractivity contribution >= 4 is 11.8 Å². The average Bonchev–Trinajstić information content (AvgIpc) is 2.35. The second kappa shape index (κ2) is 6.03. The van der Waals surface area contributed by atoms with Gasteiger partial charge in [0.25, 0.3) is 5.91 Å². The van der Waals surface area contributed by atoms with E-state index in [0.717, 1.165) is 5.56 Å². The normalized spacial score (nSPS) is 9.82. The first kappa shape index (κ1) is 13.2. The molecule has 0 spiro atoms. The first-order chi connectivity index (χ1) is 8.06. The van der Waals surface area contributed by atoms with E-state index in [0.29, 0.717) is 12.1 Å². The van der Waals surface area contributed by atoms with E-state index in [9.17, 15) is 9.59 Å². The van der Waals surface area contributed by atoms with Crippen LogP contribution in [0.1, 0.15) is 22.8 Å². The molecule has 1 aromatic rings. The maximum atomic E-state index is 11.8. The number of hydrogen-bond donors (Lipinski definition) is 1. The fourth-order valence-electron chi connectivity index (χ4n) is 1.39. The molecule has 92 valence electrons. The highest BCUT2D eigenvalue weighted by Gasteiger charge is 2.11. The van der Waals surface area contributed by atoms with E-state index >= 15 is 0 Å². The van der Waals surface area contributed by atoms with Crippen molar-refractivity contribution in [3.63, 3.8) is 0 Å². The summed E-state index contributed by atoms with van der Waals surface area (Å²) >= 11 is 0. The molecule has 4 nitrogen and oxygen atoms in total. The summed E-state index contributed by atoms with van der Waals surface area (Å²) in [5.74, 6) is -0.296. The van der Waals surface area contributed by atoms with Crippen molar-refractivity contribution in [2.24, 2.45) is 0 Å². The summed E-state index contributed by atoms with van der Waals surface area (Å²) in [5, 5.41) is 2.62. The first-order valence-electron chi connectivity index (χ1n) is 5.64. The van der Waals surface area contributed by atoms with Gasteiger partial charge in [-0.05, 0) is 25.5 Å². The van der Waals surface area contributed by atoms with E-state index in [1.165, 1.54) is 0 Å². The zero-order valence-corrected chi connectivity index (χ0v) is 10.5. The fourth-order valence-corrected chi connectivity index (χ4v) is 1.39. The predicted molar refractivity (Wildman–Crippen MR) is 66.8 cm³/mol. The van der Waals surface area contributed by atoms with Crippen molar-refractivity contribution < 1.29 is 9.59 Å². The minimum atomic E-state index is -0.207. The molecular formula is C13H18N2O2. The summed E-state index contributed by atoms with van der Waals surface area (Å²) in [4.78, 5) is 24.9. The number of nitrogens with zero attached hydrogens (tertiary/aromatic N) is 1. The van der Waals surface area contributed by atoms with Crippen LogP contribution in [0.15, 0.2) is 24.3 Å². The molecule has 0 aliphatic heterocycles. The highest BCUT2D eigenvalue weighted by molar-refractivity contribution is 5.97. The Kier molecular flexibility index (Phi) is 4.69. The van der Waals surface area contributed by atoms with Gasteiger partial charge in [0.1, 0.15) is 0 Å². The Hall–Kier alpha value is -1.84. The van der Waals surface area contributed by atoms with Gasteiger partial charge in [-0.15, -0.1) is 0 Å². The van der Waals surface area contributed by atoms with Crippen LogP contribution in [0.25, 0.3) is 0 Å². The van der Waals surface area contributed by atoms with Crippen molar-refractivity contribution in [1.82, 2.24) is 10.2 Å². The molecule has 1 N–H and O–H groups in total. The fraction of sp³-hybridized carbons (Fsp3) is 0.385. The van der Waals surface area contributed by atoms with E-state index in [-0.39, 0.29) is 18.4 Å². The molecule has 0 radical (unpaired) electrons. The molecule has 0 fully saturated rings. The van der Waals surface area contributed by atoms with E-state index in [2.05, 4.69) is 5.32 Å². The van der Waals surface area contributed by atoms with Crippen molar-refractivity contribution in [3.05, 3.63) is 35.4 Å². The van der Waals surface area contributed by atoms with Gasteiger partial charge in [0.2, 0.25) is 5.91 Å². The van der Waals surface area contributed by atoms with Crippen molar-refractivity contribution in [2.45, 2.75) is 13.8 Å². The minimum absolute atomic E-state index is 0.0392. The zero-order chi connectivity index (χ0) is 12.8. The molecule has 2 amide bonds. The lowest BCUT2D eigenvalue weighted by Gasteiger charge is -2.15. The number of carbonyl (C=O) groups is 2. The molecule has 0 aliphatic carbocycles. The molecule has 1 rings (SSSR count). The van der Waals surface area contributed by atoms with E-state index in [4.69, 9.17) is 0 Å². The molecule has 1 aromatic carbocycles. The Balaban J connectivity index is 2.57. The zero-order valence-electron chi connectivity index (χ0n) is 10.5. The van der Waals surface area contributed by atoms with Gasteiger partial charge in [-0.3, -0.25) is 9.59 Å². The monoisotopic (exact) mass is 234 g/mol. The number of aryl methyl sites for hydroxylation is 1. The van der Waals surface area contributed by atoms with Gasteiger partial charge >= 0.3 is 0 Å². The van der Waals surface area contributed by atoms with Crippen LogP contribution in [-0.4, -0.2) is 36.9 Å². The number of amides is 2. The van der Waals surface area contributed by atoms with Gasteiger partial charge in [0, 0.05) is 19.2 Å². The molecule has 0 aromatic heterocycles. The van der Waals surface area contributed by atoms with E-state index in [1.54, 1.807) is 18.0 Å². The molecular weight excluding hydrogens is 216 g/mol. The first-order valence-corrected chi connectivity index (χ1v) is 5.64. The molecule has 0 aliphatic rings. The largest absolute Gasteiger partial charge is 0.345 e. The van der Waals surface area contributed by atoms with Crippen molar-refractivity contribution in [3.8, 4) is 0 Å². The standard InChI is InChI=1S/C13H18N2O2/c1-4-15(3)12(16)9-14-13(17)11-8-6-5-7-10(11)2/h5-8H,4,9H2,1-3H3,(H,14,17). The number of benzene rings is 1. The van der Waals surface area contributed by atoms with Gasteiger partial charge in [0.05, 0.1) is 6.54 Å². The molecule has 17 heavy (non-hydrogen) atoms. The van der Waals surface area contributed by atoms with Crippen LogP contribution in [0, 0.1) is 6.92 Å². The quantitative estimate of drug-likeness (QED) is 0.851. The van der Waals surface area contributed by atoms with Gasteiger partial charge in [-0.25, -0.2) is 0 Å². The number of nitrogens with one attached hydrogen (secondary N) is 1. The third-order valence-electron chi connectivity index (χ3n) is 2.69. The lowest BCUT2D eigenvalue weighted by atomic mass is 10.1. The molecule has 0 unspecified atom stereocenters. The second-order valence-electron chi connectivity index (χ2n) is 3.91. The van der Waals surface area contributed by atoms with E-state index in [1.807, 2.05) is 32.0 Å². The lowest BCUT2D eigenvalue weighted by molar-refractivity contribution is -0.128. The molecule has 0 bridgehead atoms. The average molecular weight is 234 g/mol. The number of rotatable bonds is 4. The highest BCUT2D eigenvalue weighted by atomic mass is 16.2. The summed E-state index contributed by atoms with van der Waals surface area (Å²) in [6.07, 6.45) is 0. The Bertz CT molecular complexity index is 416. The smallest absolute Gasteiger partial charge is 0.251 e. The Morgan fingerprint density at radius 3 is 2.53 bits per heavy atom. The number of carbonyl (C=O) groups excluding carboxylic acids is 2. The lowest BCUT2D eigenvalue weighted by Crippen LogP contribution is -2.38. The third kappa shape index (κ3) is 3.59. The Morgan fingerprint density at radius 2 is 1.94 bits per heavy atom. The van der Waals surface area contributed by atoms with Gasteiger partial charge in [-0.2, -0.15) is 0 Å². The van der Waals surface area contributed by atoms with E-state index < -0.39 is 0 Å². The molecule has 0 atom stereocenters. The summed E-state index contributed by atoms with van der Waals surface area (Å²) < 4.78 is 0. The van der Waals surface area contributed by atoms with Crippen LogP contribution in [0.4, 0.5) is 0 Å². The minimum Gasteiger partial charge on any atom is -0.345 e. The van der Waals surface area contributed by atoms with Crippen LogP contribution >= 0.6 is 0 Å². The topological polar surface area (TPSA) is 49.4 Å². The SMILES string of the molecule is CCN(C)C(=O)CNC(=O)c1ccccc1C. The van der Waals surface area contributed by atoms with Crippen LogP contribution in [-0.2, 0) is 4.79 Å². The Morgan fingerprint density at radius 1 is 1.29 bits per heavy atom. The maximum Gasteiger partial charge on any atom is 0.251 e. The van der Waals surface area contributed by atoms with Crippen LogP contribution in [0.5, 0.6) is 0 Å². The van der Waals surface area contributed by atoms with Crippen LogP contribution < -0.4 is 5.32 Å². The van der Waals surface area contributed by atoms with Gasteiger partial charge < -0.3 is 10.2 Å². The van der Waals surface area contributed by atoms with Gasteiger partial charge in [-0.1, -0.05) is 18.2 Å². The molecule has 0 saturated carbocycles. The van der Waals surface area contributed by atoms with Crippen LogP contribution in [0.2, 0.25) is 0 Å². The number of hydrogen-bond acceptors (Lipinski definition) is 2. The third-order valence-corrected chi connectivity index (χ3v) is 2.69. The predicted octanol–water partition coefficient (Wildman–Crippen LogP) is 1.20. The van der Waals surface area contributed by atoms with Crippen molar-refractivity contribution in [1.29, 1.82) is 0 Å². The maximum absolute atomic E-state index is 11.8. The highest BCUT2D eigenvalue weighted by Crippen LogP contribution is 2.06. The molecule has 0 saturated heterocycles. The van der Waals surface area contributed by atoms with Gasteiger partial charge in [0.15, 0.2) is 0 Å². The number of likely N-dealkylation sites (N-methyl/N-ethyl adjacent to an activating group) is 1. The van der Waals surface area contributed by atoms with Crippen LogP contribution in [0.3, 0.4) is 0 Å². The summed E-state index contributed by atoms with van der Waals surface area (Å²) in [5.41, 5.74) is 1.51. The van der Waals surface area contributed by atoms with Crippen molar-refractivity contribution in [2.75, 3.05) is 20.1 Å². The molecule has 0 heterocycles. The summed E-state index contributed by atoms with van der Waals surface area (Å²) in [6.45, 7) is 4.44. The second-order valence-corrected chi connectivity index (χ2v) is 3.91. The summed E-state index contributed by atoms with van der Waals surface area (Å²) in [7, 11) is 1.71. The molecule has 4 heteroatoms. The summed E-state index contributed by atoms with van der Waals surface area (Å²) in [6, 6.07) is 7.30.